The average Bonchev–Trinajstić information content (AvgIpc) is 3.09. The Kier molecular flexibility index (Phi) is 5.93. The van der Waals surface area contributed by atoms with E-state index >= 15 is 0 Å². The second kappa shape index (κ2) is 8.17. The molecule has 25 heavy (non-hydrogen) atoms. The zero-order valence-electron chi connectivity index (χ0n) is 15.5. The number of likely N-dealkylation sites (tertiary alicyclic amines) is 1. The fraction of sp³-hybridized carbons (Fsp3) is 0.526. The Hall–Kier alpha value is -1.63. The van der Waals surface area contributed by atoms with Crippen molar-refractivity contribution < 1.29 is 9.47 Å². The lowest BCUT2D eigenvalue weighted by Crippen LogP contribution is -2.44. The molecule has 0 N–H and O–H groups in total. The summed E-state index contributed by atoms with van der Waals surface area (Å²) < 4.78 is 10.9. The molecular formula is C19H27N3O2S. The maximum absolute atomic E-state index is 5.55. The number of hydrogen-bond donors (Lipinski definition) is 0. The summed E-state index contributed by atoms with van der Waals surface area (Å²) in [6.07, 6.45) is 2.54. The number of ether oxygens (including phenoxy) is 2. The number of methoxy groups -OCH3 is 2. The van der Waals surface area contributed by atoms with Crippen LogP contribution in [0.5, 0.6) is 11.5 Å². The molecule has 1 atom stereocenters. The van der Waals surface area contributed by atoms with Gasteiger partial charge in [-0.15, -0.1) is 11.3 Å². The minimum absolute atomic E-state index is 0.644. The molecule has 1 aromatic heterocycles. The van der Waals surface area contributed by atoms with E-state index in [9.17, 15) is 0 Å². The second-order valence-corrected chi connectivity index (χ2v) is 7.54. The molecule has 5 nitrogen and oxygen atoms in total. The van der Waals surface area contributed by atoms with Crippen molar-refractivity contribution in [1.82, 2.24) is 14.8 Å². The number of piperidine rings is 1. The van der Waals surface area contributed by atoms with E-state index in [0.29, 0.717) is 6.04 Å². The first-order valence-electron chi connectivity index (χ1n) is 8.67. The van der Waals surface area contributed by atoms with Gasteiger partial charge >= 0.3 is 0 Å². The van der Waals surface area contributed by atoms with Crippen LogP contribution in [0, 0.1) is 0 Å². The predicted molar refractivity (Wildman–Crippen MR) is 103 cm³/mol. The largest absolute Gasteiger partial charge is 0.493 e. The highest BCUT2D eigenvalue weighted by Gasteiger charge is 2.22. The molecule has 1 saturated heterocycles. The summed E-state index contributed by atoms with van der Waals surface area (Å²) in [6, 6.07) is 6.56. The number of aromatic nitrogens is 1. The maximum atomic E-state index is 5.55. The van der Waals surface area contributed by atoms with E-state index in [1.807, 2.05) is 18.2 Å². The molecule has 0 aliphatic carbocycles. The van der Waals surface area contributed by atoms with Gasteiger partial charge in [-0.3, -0.25) is 4.90 Å². The number of thiazole rings is 1. The summed E-state index contributed by atoms with van der Waals surface area (Å²) >= 11 is 1.66. The van der Waals surface area contributed by atoms with Crippen LogP contribution >= 0.6 is 11.3 Å². The van der Waals surface area contributed by atoms with Gasteiger partial charge in [0.05, 0.1) is 25.5 Å². The van der Waals surface area contributed by atoms with E-state index in [4.69, 9.17) is 14.5 Å². The molecule has 1 aliphatic rings. The minimum atomic E-state index is 0.644. The van der Waals surface area contributed by atoms with Gasteiger partial charge in [0.1, 0.15) is 5.01 Å². The Labute approximate surface area is 154 Å². The van der Waals surface area contributed by atoms with Crippen LogP contribution in [-0.2, 0) is 6.54 Å². The third-order valence-corrected chi connectivity index (χ3v) is 5.71. The number of benzene rings is 1. The highest BCUT2D eigenvalue weighted by molar-refractivity contribution is 7.13. The minimum Gasteiger partial charge on any atom is -0.493 e. The first-order valence-corrected chi connectivity index (χ1v) is 9.55. The number of rotatable bonds is 6. The summed E-state index contributed by atoms with van der Waals surface area (Å²) in [7, 11) is 7.67. The van der Waals surface area contributed by atoms with Gasteiger partial charge in [-0.25, -0.2) is 4.98 Å². The van der Waals surface area contributed by atoms with Gasteiger partial charge in [0.2, 0.25) is 0 Å². The Bertz CT molecular complexity index is 702. The van der Waals surface area contributed by atoms with E-state index in [1.165, 1.54) is 12.8 Å². The van der Waals surface area contributed by atoms with E-state index in [-0.39, 0.29) is 0 Å². The van der Waals surface area contributed by atoms with Crippen LogP contribution in [0.15, 0.2) is 23.6 Å². The van der Waals surface area contributed by atoms with Crippen LogP contribution in [0.3, 0.4) is 0 Å². The van der Waals surface area contributed by atoms with Crippen LogP contribution in [0.1, 0.15) is 18.5 Å². The highest BCUT2D eigenvalue weighted by atomic mass is 32.1. The zero-order valence-corrected chi connectivity index (χ0v) is 16.3. The fourth-order valence-corrected chi connectivity index (χ4v) is 4.22. The normalized spacial score (nSPS) is 18.5. The van der Waals surface area contributed by atoms with Crippen LogP contribution in [-0.4, -0.2) is 62.2 Å². The van der Waals surface area contributed by atoms with Crippen LogP contribution < -0.4 is 9.47 Å². The lowest BCUT2D eigenvalue weighted by atomic mass is 10.0. The molecule has 0 radical (unpaired) electrons. The number of para-hydroxylation sites is 1. The SMILES string of the molecule is COc1cccc(-c2nc(CN3CCCC(N(C)C)C3)cs2)c1OC. The van der Waals surface area contributed by atoms with E-state index in [2.05, 4.69) is 29.3 Å². The van der Waals surface area contributed by atoms with Gasteiger partial charge < -0.3 is 14.4 Å². The molecule has 0 bridgehead atoms. The number of nitrogens with zero attached hydrogens (tertiary/aromatic N) is 3. The summed E-state index contributed by atoms with van der Waals surface area (Å²) in [5.41, 5.74) is 2.12. The highest BCUT2D eigenvalue weighted by Crippen LogP contribution is 2.39. The summed E-state index contributed by atoms with van der Waals surface area (Å²) in [6.45, 7) is 3.18. The summed E-state index contributed by atoms with van der Waals surface area (Å²) in [4.78, 5) is 9.70. The third-order valence-electron chi connectivity index (χ3n) is 4.78. The first kappa shape index (κ1) is 18.2. The predicted octanol–water partition coefficient (Wildman–Crippen LogP) is 3.35. The summed E-state index contributed by atoms with van der Waals surface area (Å²) in [5, 5.41) is 3.14. The molecule has 1 unspecified atom stereocenters. The monoisotopic (exact) mass is 361 g/mol. The lowest BCUT2D eigenvalue weighted by molar-refractivity contribution is 0.127. The van der Waals surface area contributed by atoms with Crippen molar-refractivity contribution in [2.45, 2.75) is 25.4 Å². The third kappa shape index (κ3) is 4.14. The molecule has 3 rings (SSSR count). The molecule has 2 aromatic rings. The van der Waals surface area contributed by atoms with Crippen molar-refractivity contribution in [2.24, 2.45) is 0 Å². The van der Waals surface area contributed by atoms with E-state index in [1.54, 1.807) is 25.6 Å². The van der Waals surface area contributed by atoms with Crippen molar-refractivity contribution in [1.29, 1.82) is 0 Å². The van der Waals surface area contributed by atoms with Gasteiger partial charge in [-0.1, -0.05) is 6.07 Å². The van der Waals surface area contributed by atoms with Gasteiger partial charge in [0.15, 0.2) is 11.5 Å². The molecule has 1 fully saturated rings. The number of hydrogen-bond acceptors (Lipinski definition) is 6. The Morgan fingerprint density at radius 2 is 2.12 bits per heavy atom. The zero-order chi connectivity index (χ0) is 17.8. The molecular weight excluding hydrogens is 334 g/mol. The van der Waals surface area contributed by atoms with Gasteiger partial charge in [-0.2, -0.15) is 0 Å². The van der Waals surface area contributed by atoms with Crippen molar-refractivity contribution in [3.63, 3.8) is 0 Å². The van der Waals surface area contributed by atoms with Crippen molar-refractivity contribution in [2.75, 3.05) is 41.4 Å². The molecule has 1 aromatic carbocycles. The number of likely N-dealkylation sites (N-methyl/N-ethyl adjacent to an activating group) is 1. The topological polar surface area (TPSA) is 37.8 Å². The second-order valence-electron chi connectivity index (χ2n) is 6.68. The molecule has 2 heterocycles. The Morgan fingerprint density at radius 3 is 2.84 bits per heavy atom. The van der Waals surface area contributed by atoms with Crippen LogP contribution in [0.2, 0.25) is 0 Å². The molecule has 6 heteroatoms. The molecule has 0 amide bonds. The Morgan fingerprint density at radius 1 is 1.28 bits per heavy atom. The van der Waals surface area contributed by atoms with Gasteiger partial charge in [-0.05, 0) is 45.6 Å². The average molecular weight is 362 g/mol. The fourth-order valence-electron chi connectivity index (χ4n) is 3.38. The van der Waals surface area contributed by atoms with Crippen molar-refractivity contribution in [3.05, 3.63) is 29.3 Å². The Balaban J connectivity index is 1.75. The first-order chi connectivity index (χ1) is 12.1. The van der Waals surface area contributed by atoms with Crippen LogP contribution in [0.4, 0.5) is 0 Å². The lowest BCUT2D eigenvalue weighted by Gasteiger charge is -2.35. The van der Waals surface area contributed by atoms with Crippen molar-refractivity contribution in [3.8, 4) is 22.1 Å². The quantitative estimate of drug-likeness (QED) is 0.789. The van der Waals surface area contributed by atoms with E-state index < -0.39 is 0 Å². The van der Waals surface area contributed by atoms with Crippen molar-refractivity contribution >= 4 is 11.3 Å². The van der Waals surface area contributed by atoms with E-state index in [0.717, 1.165) is 47.4 Å². The molecule has 0 saturated carbocycles. The molecule has 136 valence electrons. The van der Waals surface area contributed by atoms with Gasteiger partial charge in [0, 0.05) is 24.5 Å². The van der Waals surface area contributed by atoms with Crippen LogP contribution in [0.25, 0.3) is 10.6 Å². The molecule has 0 spiro atoms. The van der Waals surface area contributed by atoms with Gasteiger partial charge in [0.25, 0.3) is 0 Å². The smallest absolute Gasteiger partial charge is 0.170 e. The summed E-state index contributed by atoms with van der Waals surface area (Å²) in [5.74, 6) is 1.48. The molecule has 1 aliphatic heterocycles. The standard InChI is InChI=1S/C19H27N3O2S/c1-21(2)15-7-6-10-22(12-15)11-14-13-25-19(20-14)16-8-5-9-17(23-3)18(16)24-4/h5,8-9,13,15H,6-7,10-12H2,1-4H3. The maximum Gasteiger partial charge on any atom is 0.170 e.